The molecule has 0 aliphatic rings. The standard InChI is InChI=1S/C15H14N2O2/c1-12-7-8-13(11-16)15(18)17(12)9-10-19-14-5-3-2-4-6-14/h2-8H,9-10H2,1H3. The number of benzene rings is 1. The Morgan fingerprint density at radius 3 is 2.63 bits per heavy atom. The number of para-hydroxylation sites is 1. The van der Waals surface area contributed by atoms with Crippen molar-refractivity contribution in [1.82, 2.24) is 4.57 Å². The van der Waals surface area contributed by atoms with Crippen molar-refractivity contribution in [3.63, 3.8) is 0 Å². The Hall–Kier alpha value is -2.54. The van der Waals surface area contributed by atoms with Gasteiger partial charge in [0.2, 0.25) is 0 Å². The Morgan fingerprint density at radius 1 is 1.21 bits per heavy atom. The Bertz CT molecular complexity index is 654. The van der Waals surface area contributed by atoms with Crippen LogP contribution in [0.15, 0.2) is 47.3 Å². The summed E-state index contributed by atoms with van der Waals surface area (Å²) < 4.78 is 7.11. The number of nitriles is 1. The molecule has 4 heteroatoms. The quantitative estimate of drug-likeness (QED) is 0.839. The van der Waals surface area contributed by atoms with Crippen LogP contribution in [0.1, 0.15) is 11.3 Å². The van der Waals surface area contributed by atoms with Gasteiger partial charge in [0.25, 0.3) is 5.56 Å². The normalized spacial score (nSPS) is 9.89. The number of rotatable bonds is 4. The Labute approximate surface area is 111 Å². The summed E-state index contributed by atoms with van der Waals surface area (Å²) in [6, 6.07) is 14.6. The minimum absolute atomic E-state index is 0.158. The van der Waals surface area contributed by atoms with Crippen molar-refractivity contribution in [3.8, 4) is 11.8 Å². The van der Waals surface area contributed by atoms with E-state index in [1.807, 2.05) is 43.3 Å². The lowest BCUT2D eigenvalue weighted by atomic mass is 10.2. The highest BCUT2D eigenvalue weighted by atomic mass is 16.5. The van der Waals surface area contributed by atoms with Gasteiger partial charge >= 0.3 is 0 Å². The van der Waals surface area contributed by atoms with Crippen molar-refractivity contribution in [2.24, 2.45) is 0 Å². The van der Waals surface area contributed by atoms with E-state index in [-0.39, 0.29) is 11.1 Å². The van der Waals surface area contributed by atoms with Crippen LogP contribution in [0.4, 0.5) is 0 Å². The van der Waals surface area contributed by atoms with Gasteiger partial charge in [0.05, 0.1) is 6.54 Å². The average Bonchev–Trinajstić information content (AvgIpc) is 2.44. The van der Waals surface area contributed by atoms with Gasteiger partial charge in [-0.1, -0.05) is 18.2 Å². The first kappa shape index (κ1) is 12.9. The molecule has 0 unspecified atom stereocenters. The number of pyridine rings is 1. The molecule has 2 rings (SSSR count). The third kappa shape index (κ3) is 3.02. The van der Waals surface area contributed by atoms with E-state index in [0.29, 0.717) is 13.2 Å². The third-order valence-corrected chi connectivity index (χ3v) is 2.84. The van der Waals surface area contributed by atoms with E-state index in [1.54, 1.807) is 16.7 Å². The summed E-state index contributed by atoms with van der Waals surface area (Å²) in [5.74, 6) is 0.768. The topological polar surface area (TPSA) is 55.0 Å². The van der Waals surface area contributed by atoms with E-state index < -0.39 is 0 Å². The van der Waals surface area contributed by atoms with Crippen LogP contribution in [0.2, 0.25) is 0 Å². The summed E-state index contributed by atoms with van der Waals surface area (Å²) in [5, 5.41) is 8.84. The first-order valence-electron chi connectivity index (χ1n) is 6.01. The van der Waals surface area contributed by atoms with Gasteiger partial charge in [-0.3, -0.25) is 4.79 Å². The molecular weight excluding hydrogens is 240 g/mol. The molecule has 0 aliphatic heterocycles. The van der Waals surface area contributed by atoms with Gasteiger partial charge in [0.1, 0.15) is 24.0 Å². The fourth-order valence-electron chi connectivity index (χ4n) is 1.81. The molecule has 1 aromatic carbocycles. The van der Waals surface area contributed by atoms with Gasteiger partial charge in [0.15, 0.2) is 0 Å². The number of aromatic nitrogens is 1. The van der Waals surface area contributed by atoms with E-state index in [2.05, 4.69) is 0 Å². The molecule has 0 bridgehead atoms. The van der Waals surface area contributed by atoms with E-state index in [4.69, 9.17) is 10.00 Å². The van der Waals surface area contributed by atoms with Crippen molar-refractivity contribution >= 4 is 0 Å². The van der Waals surface area contributed by atoms with Crippen LogP contribution in [0.5, 0.6) is 5.75 Å². The maximum atomic E-state index is 11.9. The molecule has 4 nitrogen and oxygen atoms in total. The third-order valence-electron chi connectivity index (χ3n) is 2.84. The van der Waals surface area contributed by atoms with Crippen molar-refractivity contribution in [1.29, 1.82) is 5.26 Å². The monoisotopic (exact) mass is 254 g/mol. The van der Waals surface area contributed by atoms with Crippen LogP contribution in [-0.2, 0) is 6.54 Å². The van der Waals surface area contributed by atoms with Crippen LogP contribution < -0.4 is 10.3 Å². The Morgan fingerprint density at radius 2 is 1.95 bits per heavy atom. The van der Waals surface area contributed by atoms with Crippen molar-refractivity contribution in [3.05, 3.63) is 64.1 Å². The van der Waals surface area contributed by atoms with Gasteiger partial charge in [-0.15, -0.1) is 0 Å². The molecule has 2 aromatic rings. The SMILES string of the molecule is Cc1ccc(C#N)c(=O)n1CCOc1ccccc1. The summed E-state index contributed by atoms with van der Waals surface area (Å²) in [5.41, 5.74) is 0.713. The molecule has 0 amide bonds. The van der Waals surface area contributed by atoms with Crippen LogP contribution in [0, 0.1) is 18.3 Å². The smallest absolute Gasteiger partial charge is 0.268 e. The minimum Gasteiger partial charge on any atom is -0.492 e. The average molecular weight is 254 g/mol. The predicted octanol–water partition coefficient (Wildman–Crippen LogP) is 2.11. The molecule has 1 heterocycles. The summed E-state index contributed by atoms with van der Waals surface area (Å²) in [7, 11) is 0. The first-order valence-corrected chi connectivity index (χ1v) is 6.01. The van der Waals surface area contributed by atoms with Gasteiger partial charge in [-0.25, -0.2) is 0 Å². The van der Waals surface area contributed by atoms with Gasteiger partial charge in [0, 0.05) is 5.69 Å². The number of nitrogens with zero attached hydrogens (tertiary/aromatic N) is 2. The summed E-state index contributed by atoms with van der Waals surface area (Å²) in [6.45, 7) is 2.65. The first-order chi connectivity index (χ1) is 9.22. The highest BCUT2D eigenvalue weighted by molar-refractivity contribution is 5.27. The van der Waals surface area contributed by atoms with Gasteiger partial charge in [-0.2, -0.15) is 5.26 Å². The zero-order valence-corrected chi connectivity index (χ0v) is 10.7. The molecule has 19 heavy (non-hydrogen) atoms. The molecule has 96 valence electrons. The maximum absolute atomic E-state index is 11.9. The number of aryl methyl sites for hydroxylation is 1. The molecule has 1 aromatic heterocycles. The summed E-state index contributed by atoms with van der Waals surface area (Å²) in [4.78, 5) is 11.9. The predicted molar refractivity (Wildman–Crippen MR) is 72.1 cm³/mol. The second kappa shape index (κ2) is 5.87. The summed E-state index contributed by atoms with van der Waals surface area (Å²) >= 11 is 0. The number of hydrogen-bond acceptors (Lipinski definition) is 3. The van der Waals surface area contributed by atoms with Gasteiger partial charge < -0.3 is 9.30 Å². The van der Waals surface area contributed by atoms with Crippen LogP contribution in [0.3, 0.4) is 0 Å². The fourth-order valence-corrected chi connectivity index (χ4v) is 1.81. The zero-order chi connectivity index (χ0) is 13.7. The van der Waals surface area contributed by atoms with Crippen molar-refractivity contribution in [2.75, 3.05) is 6.61 Å². The Kier molecular flexibility index (Phi) is 3.99. The molecule has 0 aliphatic carbocycles. The lowest BCUT2D eigenvalue weighted by molar-refractivity contribution is 0.295. The molecule has 0 spiro atoms. The second-order valence-electron chi connectivity index (χ2n) is 4.12. The Balaban J connectivity index is 2.08. The van der Waals surface area contributed by atoms with Crippen molar-refractivity contribution in [2.45, 2.75) is 13.5 Å². The molecule has 0 saturated heterocycles. The lowest BCUT2D eigenvalue weighted by Gasteiger charge is -2.11. The van der Waals surface area contributed by atoms with E-state index in [9.17, 15) is 4.79 Å². The zero-order valence-electron chi connectivity index (χ0n) is 10.7. The molecule has 0 radical (unpaired) electrons. The van der Waals surface area contributed by atoms with Crippen LogP contribution in [-0.4, -0.2) is 11.2 Å². The minimum atomic E-state index is -0.265. The van der Waals surface area contributed by atoms with Crippen LogP contribution in [0.25, 0.3) is 0 Å². The number of hydrogen-bond donors (Lipinski definition) is 0. The van der Waals surface area contributed by atoms with Crippen LogP contribution >= 0.6 is 0 Å². The molecule has 0 N–H and O–H groups in total. The van der Waals surface area contributed by atoms with Gasteiger partial charge in [-0.05, 0) is 31.2 Å². The molecule has 0 fully saturated rings. The maximum Gasteiger partial charge on any atom is 0.268 e. The molecule has 0 atom stereocenters. The largest absolute Gasteiger partial charge is 0.492 e. The highest BCUT2D eigenvalue weighted by Gasteiger charge is 2.05. The summed E-state index contributed by atoms with van der Waals surface area (Å²) in [6.07, 6.45) is 0. The van der Waals surface area contributed by atoms with E-state index >= 15 is 0 Å². The molecular formula is C15H14N2O2. The fraction of sp³-hybridized carbons (Fsp3) is 0.200. The lowest BCUT2D eigenvalue weighted by Crippen LogP contribution is -2.26. The highest BCUT2D eigenvalue weighted by Crippen LogP contribution is 2.08. The van der Waals surface area contributed by atoms with Crippen molar-refractivity contribution < 1.29 is 4.74 Å². The van der Waals surface area contributed by atoms with E-state index in [0.717, 1.165) is 11.4 Å². The molecule has 0 saturated carbocycles. The number of ether oxygens (including phenoxy) is 1. The van der Waals surface area contributed by atoms with E-state index in [1.165, 1.54) is 0 Å². The second-order valence-corrected chi connectivity index (χ2v) is 4.12.